The second-order valence-corrected chi connectivity index (χ2v) is 9.43. The van der Waals surface area contributed by atoms with Crippen LogP contribution in [-0.4, -0.2) is 29.1 Å². The molecule has 2 aromatic carbocycles. The van der Waals surface area contributed by atoms with E-state index in [0.717, 1.165) is 21.2 Å². The Hall–Kier alpha value is -2.09. The van der Waals surface area contributed by atoms with Crippen LogP contribution in [0.4, 0.5) is 0 Å². The van der Waals surface area contributed by atoms with Crippen LogP contribution in [0, 0.1) is 6.92 Å². The third-order valence-electron chi connectivity index (χ3n) is 5.29. The van der Waals surface area contributed by atoms with Crippen molar-refractivity contribution in [3.8, 4) is 5.75 Å². The summed E-state index contributed by atoms with van der Waals surface area (Å²) in [5, 5.41) is 12.7. The minimum Gasteiger partial charge on any atom is -0.482 e. The zero-order valence-electron chi connectivity index (χ0n) is 17.6. The molecule has 1 saturated heterocycles. The summed E-state index contributed by atoms with van der Waals surface area (Å²) in [6.45, 7) is 4.93. The number of hydrogen-bond acceptors (Lipinski definition) is 4. The molecule has 0 unspecified atom stereocenters. The van der Waals surface area contributed by atoms with Gasteiger partial charge in [-0.25, -0.2) is 4.79 Å². The first-order valence-electron chi connectivity index (χ1n) is 9.90. The maximum atomic E-state index is 11.9. The first kappa shape index (κ1) is 23.6. The van der Waals surface area contributed by atoms with Gasteiger partial charge >= 0.3 is 5.97 Å². The molecule has 2 N–H and O–H groups in total. The Bertz CT molecular complexity index is 998. The van der Waals surface area contributed by atoms with E-state index >= 15 is 0 Å². The first-order chi connectivity index (χ1) is 14.6. The Kier molecular flexibility index (Phi) is 7.29. The number of carboxylic acid groups (broad SMARTS) is 1. The molecule has 0 saturated carbocycles. The number of carbonyl (C=O) groups is 2. The van der Waals surface area contributed by atoms with Crippen LogP contribution in [0.15, 0.2) is 40.9 Å². The van der Waals surface area contributed by atoms with Crippen LogP contribution in [0.1, 0.15) is 55.6 Å². The Morgan fingerprint density at radius 1 is 1.29 bits per heavy atom. The molecule has 0 aromatic heterocycles. The van der Waals surface area contributed by atoms with Gasteiger partial charge in [0.25, 0.3) is 0 Å². The number of aryl methyl sites for hydroxylation is 1. The number of benzene rings is 2. The highest BCUT2D eigenvalue weighted by molar-refractivity contribution is 9.10. The monoisotopic (exact) mass is 509 g/mol. The van der Waals surface area contributed by atoms with E-state index in [1.807, 2.05) is 38.1 Å². The fourth-order valence-electron chi connectivity index (χ4n) is 4.00. The van der Waals surface area contributed by atoms with Crippen molar-refractivity contribution in [2.75, 3.05) is 6.61 Å². The van der Waals surface area contributed by atoms with Crippen LogP contribution in [0.3, 0.4) is 0 Å². The summed E-state index contributed by atoms with van der Waals surface area (Å²) in [5.41, 5.74) is 2.01. The van der Waals surface area contributed by atoms with E-state index in [-0.39, 0.29) is 12.0 Å². The molecule has 3 rings (SSSR count). The number of rotatable bonds is 6. The van der Waals surface area contributed by atoms with Gasteiger partial charge < -0.3 is 19.9 Å². The lowest BCUT2D eigenvalue weighted by Crippen LogP contribution is -2.50. The van der Waals surface area contributed by atoms with E-state index in [2.05, 4.69) is 21.2 Å². The number of carbonyl (C=O) groups excluding carboxylic acids is 1. The molecule has 8 heteroatoms. The molecule has 0 bridgehead atoms. The van der Waals surface area contributed by atoms with Crippen molar-refractivity contribution in [3.63, 3.8) is 0 Å². The van der Waals surface area contributed by atoms with Crippen molar-refractivity contribution in [2.45, 2.75) is 51.4 Å². The second-order valence-electron chi connectivity index (χ2n) is 8.14. The summed E-state index contributed by atoms with van der Waals surface area (Å²) >= 11 is 9.75. The molecule has 1 fully saturated rings. The van der Waals surface area contributed by atoms with E-state index in [1.165, 1.54) is 6.92 Å². The molecule has 3 atom stereocenters. The van der Waals surface area contributed by atoms with Crippen molar-refractivity contribution in [1.29, 1.82) is 0 Å². The number of carboxylic acids is 1. The van der Waals surface area contributed by atoms with E-state index in [1.54, 1.807) is 12.1 Å². The Morgan fingerprint density at radius 2 is 2.00 bits per heavy atom. The molecule has 31 heavy (non-hydrogen) atoms. The fraction of sp³-hybridized carbons (Fsp3) is 0.391. The molecular formula is C23H25BrClNO5. The average Bonchev–Trinajstić information content (AvgIpc) is 2.67. The zero-order chi connectivity index (χ0) is 22.8. The number of ether oxygens (including phenoxy) is 2. The van der Waals surface area contributed by atoms with Crippen LogP contribution < -0.4 is 10.1 Å². The van der Waals surface area contributed by atoms with Crippen LogP contribution in [-0.2, 0) is 14.3 Å². The van der Waals surface area contributed by atoms with Gasteiger partial charge in [0.1, 0.15) is 5.75 Å². The predicted octanol–water partition coefficient (Wildman–Crippen LogP) is 5.36. The highest BCUT2D eigenvalue weighted by Gasteiger charge is 2.41. The Balaban J connectivity index is 2.03. The van der Waals surface area contributed by atoms with Crippen LogP contribution in [0.5, 0.6) is 5.75 Å². The van der Waals surface area contributed by atoms with Gasteiger partial charge in [-0.15, -0.1) is 0 Å². The minimum atomic E-state index is -1.06. The van der Waals surface area contributed by atoms with Gasteiger partial charge in [-0.2, -0.15) is 0 Å². The summed E-state index contributed by atoms with van der Waals surface area (Å²) in [4.78, 5) is 23.0. The van der Waals surface area contributed by atoms with E-state index < -0.39 is 24.2 Å². The molecule has 166 valence electrons. The highest BCUT2D eigenvalue weighted by atomic mass is 79.9. The van der Waals surface area contributed by atoms with Crippen molar-refractivity contribution in [1.82, 2.24) is 5.32 Å². The van der Waals surface area contributed by atoms with E-state index in [9.17, 15) is 9.59 Å². The zero-order valence-corrected chi connectivity index (χ0v) is 19.9. The molecule has 2 aromatic rings. The summed E-state index contributed by atoms with van der Waals surface area (Å²) in [6.07, 6.45) is 0.321. The van der Waals surface area contributed by atoms with Crippen LogP contribution in [0.25, 0.3) is 0 Å². The van der Waals surface area contributed by atoms with Crippen molar-refractivity contribution in [2.24, 2.45) is 0 Å². The lowest BCUT2D eigenvalue weighted by molar-refractivity contribution is -0.139. The molecule has 1 aliphatic rings. The summed E-state index contributed by atoms with van der Waals surface area (Å²) in [5.74, 6) is -0.735. The molecule has 1 amide bonds. The largest absolute Gasteiger partial charge is 0.482 e. The lowest BCUT2D eigenvalue weighted by atomic mass is 9.81. The number of amides is 1. The van der Waals surface area contributed by atoms with Gasteiger partial charge in [-0.3, -0.25) is 4.79 Å². The summed E-state index contributed by atoms with van der Waals surface area (Å²) in [7, 11) is 0. The molecule has 6 nitrogen and oxygen atoms in total. The Morgan fingerprint density at radius 3 is 2.65 bits per heavy atom. The molecule has 0 radical (unpaired) electrons. The summed E-state index contributed by atoms with van der Waals surface area (Å²) in [6, 6.07) is 11.2. The standard InChI is InChI=1S/C23H25BrClNO5/c1-13-7-19(30-12-22(28)29)17(9-18(13)24)21-11-23(3,26-14(2)27)10-20(31-21)15-5-4-6-16(25)8-15/h4-9,20-21H,10-12H2,1-3H3,(H,26,27)(H,28,29)/t20-,21+,23+/m0/s1. The minimum absolute atomic E-state index is 0.125. The van der Waals surface area contributed by atoms with Gasteiger partial charge in [-0.05, 0) is 49.2 Å². The molecule has 1 heterocycles. The number of aliphatic carboxylic acids is 1. The van der Waals surface area contributed by atoms with Gasteiger partial charge in [0.2, 0.25) is 5.91 Å². The predicted molar refractivity (Wildman–Crippen MR) is 121 cm³/mol. The van der Waals surface area contributed by atoms with Crippen molar-refractivity contribution in [3.05, 3.63) is 62.6 Å². The van der Waals surface area contributed by atoms with Gasteiger partial charge in [0.05, 0.1) is 12.2 Å². The van der Waals surface area contributed by atoms with Crippen molar-refractivity contribution < 1.29 is 24.2 Å². The van der Waals surface area contributed by atoms with Gasteiger partial charge in [0, 0.05) is 40.4 Å². The topological polar surface area (TPSA) is 84.9 Å². The first-order valence-corrected chi connectivity index (χ1v) is 11.1. The fourth-order valence-corrected chi connectivity index (χ4v) is 4.56. The van der Waals surface area contributed by atoms with E-state index in [4.69, 9.17) is 26.2 Å². The quantitative estimate of drug-likeness (QED) is 0.546. The second kappa shape index (κ2) is 9.59. The van der Waals surface area contributed by atoms with E-state index in [0.29, 0.717) is 23.6 Å². The van der Waals surface area contributed by atoms with Crippen LogP contribution >= 0.6 is 27.5 Å². The third kappa shape index (κ3) is 5.99. The Labute approximate surface area is 195 Å². The highest BCUT2D eigenvalue weighted by Crippen LogP contribution is 2.47. The normalized spacial score (nSPS) is 23.3. The average molecular weight is 511 g/mol. The maximum absolute atomic E-state index is 11.9. The molecule has 1 aliphatic heterocycles. The smallest absolute Gasteiger partial charge is 0.341 e. The van der Waals surface area contributed by atoms with Crippen LogP contribution in [0.2, 0.25) is 5.02 Å². The molecular weight excluding hydrogens is 486 g/mol. The molecule has 0 aliphatic carbocycles. The third-order valence-corrected chi connectivity index (χ3v) is 6.38. The SMILES string of the molecule is CC(=O)N[C@]1(C)C[C@@H](c2cccc(Cl)c2)O[C@@H](c2cc(Br)c(C)cc2OCC(=O)O)C1. The van der Waals surface area contributed by atoms with Crippen molar-refractivity contribution >= 4 is 39.4 Å². The number of hydrogen-bond donors (Lipinski definition) is 2. The van der Waals surface area contributed by atoms with Gasteiger partial charge in [-0.1, -0.05) is 39.7 Å². The maximum Gasteiger partial charge on any atom is 0.341 e. The number of halogens is 2. The molecule has 0 spiro atoms. The number of nitrogens with one attached hydrogen (secondary N) is 1. The van der Waals surface area contributed by atoms with Gasteiger partial charge in [0.15, 0.2) is 6.61 Å². The summed E-state index contributed by atoms with van der Waals surface area (Å²) < 4.78 is 12.9. The lowest BCUT2D eigenvalue weighted by Gasteiger charge is -2.43.